The standard InChI is InChI=1S/C28H25N3.C19H14/c1-2-26(24-16-8-7-15-23(24)22-13-5-3-6-14-22)30-29-21-31-27-18-10-9-17-25(27)28(31)19-11-4-12-20-28;1-13-10-11-18-16-8-3-2-6-14(16)15-7-4-5-9-17(15)19(18)12-13/h2-19,29H,1,20-21H2;2-12H,1H3/b30-26+;. The number of nitrogens with zero attached hydrogens (tertiary/aromatic N) is 2. The fourth-order valence-electron chi connectivity index (χ4n) is 7.62. The summed E-state index contributed by atoms with van der Waals surface area (Å²) in [7, 11) is 0. The van der Waals surface area contributed by atoms with Crippen LogP contribution in [0.15, 0.2) is 188 Å². The van der Waals surface area contributed by atoms with Crippen LogP contribution in [0.3, 0.4) is 0 Å². The van der Waals surface area contributed by atoms with Crippen LogP contribution in [0.4, 0.5) is 5.69 Å². The Bertz CT molecular complexity index is 2420. The molecule has 1 spiro atoms. The summed E-state index contributed by atoms with van der Waals surface area (Å²) in [6, 6.07) is 51.5. The molecule has 3 heteroatoms. The van der Waals surface area contributed by atoms with Crippen LogP contribution in [0.5, 0.6) is 0 Å². The summed E-state index contributed by atoms with van der Waals surface area (Å²) < 4.78 is 0. The molecule has 3 nitrogen and oxygen atoms in total. The van der Waals surface area contributed by atoms with Gasteiger partial charge in [-0.05, 0) is 68.9 Å². The van der Waals surface area contributed by atoms with Gasteiger partial charge in [0.25, 0.3) is 0 Å². The van der Waals surface area contributed by atoms with Crippen LogP contribution in [-0.4, -0.2) is 12.4 Å². The molecule has 1 N–H and O–H groups in total. The van der Waals surface area contributed by atoms with E-state index in [-0.39, 0.29) is 5.54 Å². The van der Waals surface area contributed by atoms with Gasteiger partial charge in [0.2, 0.25) is 0 Å². The Morgan fingerprint density at radius 3 is 2.02 bits per heavy atom. The largest absolute Gasteiger partial charge is 0.339 e. The quantitative estimate of drug-likeness (QED) is 0.111. The molecule has 50 heavy (non-hydrogen) atoms. The van der Waals surface area contributed by atoms with Crippen molar-refractivity contribution in [3.8, 4) is 11.1 Å². The zero-order valence-electron chi connectivity index (χ0n) is 28.3. The molecule has 1 aliphatic carbocycles. The Balaban J connectivity index is 0.000000162. The summed E-state index contributed by atoms with van der Waals surface area (Å²) in [4.78, 5) is 2.38. The third-order valence-corrected chi connectivity index (χ3v) is 10.0. The average Bonchev–Trinajstić information content (AvgIpc) is 3.19. The number of hydrazone groups is 1. The maximum Gasteiger partial charge on any atom is 0.105 e. The Hall–Kier alpha value is -6.19. The zero-order valence-corrected chi connectivity index (χ0v) is 28.3. The summed E-state index contributed by atoms with van der Waals surface area (Å²) in [5.74, 6) is 0. The van der Waals surface area contributed by atoms with Crippen molar-refractivity contribution < 1.29 is 0 Å². The maximum absolute atomic E-state index is 4.74. The number of hydrogen-bond donors (Lipinski definition) is 1. The molecule has 242 valence electrons. The minimum Gasteiger partial charge on any atom is -0.339 e. The number of aryl methyl sites for hydroxylation is 1. The molecule has 7 aromatic carbocycles. The number of nitrogens with one attached hydrogen (secondary N) is 1. The highest BCUT2D eigenvalue weighted by atomic mass is 15.4. The number of rotatable bonds is 6. The van der Waals surface area contributed by atoms with Gasteiger partial charge >= 0.3 is 0 Å². The van der Waals surface area contributed by atoms with Crippen LogP contribution >= 0.6 is 0 Å². The van der Waals surface area contributed by atoms with Gasteiger partial charge in [0.15, 0.2) is 0 Å². The van der Waals surface area contributed by atoms with Gasteiger partial charge < -0.3 is 4.90 Å². The molecule has 0 amide bonds. The van der Waals surface area contributed by atoms with Crippen LogP contribution in [0, 0.1) is 6.92 Å². The highest BCUT2D eigenvalue weighted by Crippen LogP contribution is 2.51. The maximum atomic E-state index is 4.74. The molecule has 1 aliphatic heterocycles. The van der Waals surface area contributed by atoms with Crippen molar-refractivity contribution in [1.82, 2.24) is 5.43 Å². The molecule has 2 aliphatic rings. The first-order valence-corrected chi connectivity index (χ1v) is 17.3. The molecule has 1 unspecified atom stereocenters. The molecular weight excluding hydrogens is 607 g/mol. The lowest BCUT2D eigenvalue weighted by Gasteiger charge is -2.54. The van der Waals surface area contributed by atoms with Crippen molar-refractivity contribution in [3.05, 3.63) is 199 Å². The summed E-state index contributed by atoms with van der Waals surface area (Å²) in [5.41, 5.74) is 11.4. The van der Waals surface area contributed by atoms with Crippen LogP contribution in [0.2, 0.25) is 0 Å². The van der Waals surface area contributed by atoms with E-state index >= 15 is 0 Å². The van der Waals surface area contributed by atoms with Crippen molar-refractivity contribution in [2.75, 3.05) is 11.6 Å². The second kappa shape index (κ2) is 13.4. The molecule has 0 aromatic heterocycles. The van der Waals surface area contributed by atoms with Gasteiger partial charge in [-0.1, -0.05) is 176 Å². The molecule has 1 heterocycles. The molecule has 0 fully saturated rings. The lowest BCUT2D eigenvalue weighted by Crippen LogP contribution is -2.56. The van der Waals surface area contributed by atoms with Gasteiger partial charge in [-0.3, -0.25) is 5.43 Å². The minimum atomic E-state index is -0.0792. The summed E-state index contributed by atoms with van der Waals surface area (Å²) in [6.07, 6.45) is 11.6. The number of benzene rings is 7. The second-order valence-electron chi connectivity index (χ2n) is 12.9. The van der Waals surface area contributed by atoms with Crippen molar-refractivity contribution in [2.45, 2.75) is 18.9 Å². The number of anilines is 1. The van der Waals surface area contributed by atoms with Crippen LogP contribution < -0.4 is 10.3 Å². The topological polar surface area (TPSA) is 27.6 Å². The molecule has 1 atom stereocenters. The van der Waals surface area contributed by atoms with E-state index in [1.54, 1.807) is 0 Å². The predicted molar refractivity (Wildman–Crippen MR) is 214 cm³/mol. The monoisotopic (exact) mass is 645 g/mol. The van der Waals surface area contributed by atoms with E-state index in [2.05, 4.69) is 182 Å². The van der Waals surface area contributed by atoms with Gasteiger partial charge in [0, 0.05) is 16.8 Å². The van der Waals surface area contributed by atoms with Crippen molar-refractivity contribution in [1.29, 1.82) is 0 Å². The number of allylic oxidation sites excluding steroid dienone is 3. The van der Waals surface area contributed by atoms with E-state index < -0.39 is 0 Å². The SMILES string of the molecule is C=C/C(=N\NCN1c2ccccc2C12C=CC=CC2)c1ccccc1-c1ccccc1.Cc1ccc2c3ccccc3c3ccccc3c2c1. The van der Waals surface area contributed by atoms with E-state index in [4.69, 9.17) is 5.10 Å². The Labute approximate surface area is 294 Å². The smallest absolute Gasteiger partial charge is 0.105 e. The van der Waals surface area contributed by atoms with E-state index in [0.29, 0.717) is 6.67 Å². The molecule has 0 saturated heterocycles. The fraction of sp³-hybridized carbons (Fsp3) is 0.0851. The first-order valence-electron chi connectivity index (χ1n) is 17.3. The van der Waals surface area contributed by atoms with Crippen LogP contribution in [0.25, 0.3) is 43.4 Å². The van der Waals surface area contributed by atoms with Gasteiger partial charge in [-0.25, -0.2) is 0 Å². The van der Waals surface area contributed by atoms with Crippen LogP contribution in [0.1, 0.15) is 23.1 Å². The third kappa shape index (κ3) is 5.47. The van der Waals surface area contributed by atoms with Gasteiger partial charge in [0.05, 0.1) is 11.3 Å². The lowest BCUT2D eigenvalue weighted by atomic mass is 9.74. The second-order valence-corrected chi connectivity index (χ2v) is 12.9. The number of fused-ring (bicyclic) bond motifs is 8. The van der Waals surface area contributed by atoms with Gasteiger partial charge in [-0.15, -0.1) is 0 Å². The average molecular weight is 646 g/mol. The van der Waals surface area contributed by atoms with Gasteiger partial charge in [-0.2, -0.15) is 5.10 Å². The zero-order chi connectivity index (χ0) is 33.9. The minimum absolute atomic E-state index is 0.0792. The third-order valence-electron chi connectivity index (χ3n) is 10.0. The number of para-hydroxylation sites is 1. The van der Waals surface area contributed by atoms with E-state index in [0.717, 1.165) is 23.3 Å². The Morgan fingerprint density at radius 1 is 0.700 bits per heavy atom. The van der Waals surface area contributed by atoms with E-state index in [1.165, 1.54) is 54.7 Å². The molecule has 0 saturated carbocycles. The summed E-state index contributed by atoms with van der Waals surface area (Å²) in [5, 5.41) is 12.8. The Morgan fingerprint density at radius 2 is 1.32 bits per heavy atom. The first kappa shape index (κ1) is 31.1. The van der Waals surface area contributed by atoms with Crippen molar-refractivity contribution in [3.63, 3.8) is 0 Å². The lowest BCUT2D eigenvalue weighted by molar-refractivity contribution is 0.426. The Kier molecular flexibility index (Phi) is 8.32. The molecule has 7 aromatic rings. The highest BCUT2D eigenvalue weighted by molar-refractivity contribution is 6.25. The molecule has 9 rings (SSSR count). The summed E-state index contributed by atoms with van der Waals surface area (Å²) >= 11 is 0. The van der Waals surface area contributed by atoms with Crippen LogP contribution in [-0.2, 0) is 5.54 Å². The predicted octanol–water partition coefficient (Wildman–Crippen LogP) is 11.5. The van der Waals surface area contributed by atoms with E-state index in [1.807, 2.05) is 18.2 Å². The fourth-order valence-corrected chi connectivity index (χ4v) is 7.62. The molecule has 0 radical (unpaired) electrons. The first-order chi connectivity index (χ1) is 24.7. The summed E-state index contributed by atoms with van der Waals surface area (Å²) in [6.45, 7) is 6.80. The van der Waals surface area contributed by atoms with E-state index in [9.17, 15) is 0 Å². The normalized spacial score (nSPS) is 16.2. The van der Waals surface area contributed by atoms with Crippen molar-refractivity contribution >= 4 is 43.7 Å². The van der Waals surface area contributed by atoms with Crippen molar-refractivity contribution in [2.24, 2.45) is 5.10 Å². The van der Waals surface area contributed by atoms with Gasteiger partial charge in [0.1, 0.15) is 6.67 Å². The molecular formula is C47H39N3. The number of hydrogen-bond acceptors (Lipinski definition) is 3. The molecule has 0 bridgehead atoms. The highest BCUT2D eigenvalue weighted by Gasteiger charge is 2.46.